The SMILES string of the molecule is O=C1OC2(c3ccc(O)cc3Oc3c2ccc(O)c3C(Br)Br)c2ccccc21. The summed E-state index contributed by atoms with van der Waals surface area (Å²) in [5, 5.41) is 20.4. The van der Waals surface area contributed by atoms with Crippen molar-refractivity contribution in [3.05, 3.63) is 82.4 Å². The second-order valence-corrected chi connectivity index (χ2v) is 9.63. The predicted octanol–water partition coefficient (Wildman–Crippen LogP) is 5.45. The molecule has 0 aliphatic carbocycles. The molecule has 5 rings (SSSR count). The Labute approximate surface area is 176 Å². The van der Waals surface area contributed by atoms with Gasteiger partial charge >= 0.3 is 5.97 Å². The first-order valence-corrected chi connectivity index (χ1v) is 10.3. The minimum Gasteiger partial charge on any atom is -0.508 e. The van der Waals surface area contributed by atoms with Crippen molar-refractivity contribution < 1.29 is 24.5 Å². The molecule has 0 bridgehead atoms. The smallest absolute Gasteiger partial charge is 0.340 e. The van der Waals surface area contributed by atoms with Gasteiger partial charge in [-0.25, -0.2) is 4.79 Å². The van der Waals surface area contributed by atoms with Crippen molar-refractivity contribution in [1.82, 2.24) is 0 Å². The van der Waals surface area contributed by atoms with Crippen LogP contribution in [-0.2, 0) is 10.3 Å². The fourth-order valence-electron chi connectivity index (χ4n) is 3.95. The molecular weight excluding hydrogens is 492 g/mol. The Kier molecular flexibility index (Phi) is 3.76. The normalized spacial score (nSPS) is 19.0. The Morgan fingerprint density at radius 3 is 2.46 bits per heavy atom. The summed E-state index contributed by atoms with van der Waals surface area (Å²) in [4.78, 5) is 12.7. The maximum Gasteiger partial charge on any atom is 0.340 e. The third-order valence-corrected chi connectivity index (χ3v) is 6.01. The van der Waals surface area contributed by atoms with Gasteiger partial charge in [0.2, 0.25) is 0 Å². The molecule has 0 saturated carbocycles. The first-order valence-electron chi connectivity index (χ1n) is 8.42. The topological polar surface area (TPSA) is 76.0 Å². The molecule has 5 nitrogen and oxygen atoms in total. The monoisotopic (exact) mass is 502 g/mol. The summed E-state index contributed by atoms with van der Waals surface area (Å²) in [6.45, 7) is 0. The zero-order valence-electron chi connectivity index (χ0n) is 14.1. The summed E-state index contributed by atoms with van der Waals surface area (Å²) >= 11 is 6.85. The fraction of sp³-hybridized carbons (Fsp3) is 0.0952. The van der Waals surface area contributed by atoms with Gasteiger partial charge < -0.3 is 19.7 Å². The van der Waals surface area contributed by atoms with Crippen LogP contribution in [-0.4, -0.2) is 16.2 Å². The molecule has 2 heterocycles. The average molecular weight is 504 g/mol. The van der Waals surface area contributed by atoms with E-state index in [4.69, 9.17) is 9.47 Å². The van der Waals surface area contributed by atoms with Crippen LogP contribution in [0, 0.1) is 0 Å². The summed E-state index contributed by atoms with van der Waals surface area (Å²) in [5.74, 6) is 0.317. The molecule has 3 aromatic carbocycles. The van der Waals surface area contributed by atoms with E-state index >= 15 is 0 Å². The molecule has 2 N–H and O–H groups in total. The highest BCUT2D eigenvalue weighted by molar-refractivity contribution is 9.24. The lowest BCUT2D eigenvalue weighted by molar-refractivity contribution is 0.0223. The number of ether oxygens (including phenoxy) is 2. The molecule has 2 aliphatic heterocycles. The lowest BCUT2D eigenvalue weighted by Gasteiger charge is -2.37. The van der Waals surface area contributed by atoms with E-state index in [0.717, 1.165) is 0 Å². The third kappa shape index (κ3) is 2.20. The molecule has 0 radical (unpaired) electrons. The van der Waals surface area contributed by atoms with E-state index in [9.17, 15) is 15.0 Å². The number of esters is 1. The van der Waals surface area contributed by atoms with Gasteiger partial charge in [0.15, 0.2) is 5.60 Å². The lowest BCUT2D eigenvalue weighted by atomic mass is 9.77. The van der Waals surface area contributed by atoms with Crippen LogP contribution in [0.15, 0.2) is 54.6 Å². The number of alkyl halides is 2. The fourth-order valence-corrected chi connectivity index (χ4v) is 4.83. The van der Waals surface area contributed by atoms with Crippen LogP contribution in [0.4, 0.5) is 0 Å². The van der Waals surface area contributed by atoms with E-state index in [2.05, 4.69) is 31.9 Å². The Hall–Kier alpha value is -2.51. The molecule has 3 aromatic rings. The number of carbonyl (C=O) groups is 1. The third-order valence-electron chi connectivity index (χ3n) is 5.10. The zero-order chi connectivity index (χ0) is 19.6. The van der Waals surface area contributed by atoms with Crippen LogP contribution in [0.5, 0.6) is 23.0 Å². The van der Waals surface area contributed by atoms with Crippen LogP contribution in [0.25, 0.3) is 0 Å². The van der Waals surface area contributed by atoms with Crippen LogP contribution in [0.2, 0.25) is 0 Å². The van der Waals surface area contributed by atoms with Crippen LogP contribution in [0.3, 0.4) is 0 Å². The molecule has 7 heteroatoms. The summed E-state index contributed by atoms with van der Waals surface area (Å²) in [6, 6.07) is 15.1. The number of carbonyl (C=O) groups excluding carboxylic acids is 1. The highest BCUT2D eigenvalue weighted by Crippen LogP contribution is 2.59. The maximum atomic E-state index is 12.7. The van der Waals surface area contributed by atoms with Crippen molar-refractivity contribution >= 4 is 37.8 Å². The summed E-state index contributed by atoms with van der Waals surface area (Å²) < 4.78 is 11.7. The molecule has 28 heavy (non-hydrogen) atoms. The number of hydrogen-bond donors (Lipinski definition) is 2. The molecule has 2 aliphatic rings. The number of hydrogen-bond acceptors (Lipinski definition) is 5. The highest BCUT2D eigenvalue weighted by Gasteiger charge is 2.54. The first-order chi connectivity index (χ1) is 13.4. The molecule has 0 aromatic heterocycles. The standard InChI is InChI=1S/C21H12Br2O5/c22-19(23)17-15(25)8-7-14-18(17)27-16-9-10(24)5-6-13(16)21(14)12-4-2-1-3-11(12)20(26)28-21/h1-9,19,24-25H. The Morgan fingerprint density at radius 2 is 1.68 bits per heavy atom. The average Bonchev–Trinajstić information content (AvgIpc) is 2.95. The minimum atomic E-state index is -1.23. The number of halogens is 2. The van der Waals surface area contributed by atoms with Gasteiger partial charge in [0.25, 0.3) is 0 Å². The van der Waals surface area contributed by atoms with Gasteiger partial charge in [0.1, 0.15) is 26.7 Å². The van der Waals surface area contributed by atoms with Crippen molar-refractivity contribution in [2.45, 2.75) is 9.34 Å². The lowest BCUT2D eigenvalue weighted by Crippen LogP contribution is -2.33. The molecule has 1 spiro atoms. The molecule has 0 amide bonds. The van der Waals surface area contributed by atoms with Gasteiger partial charge in [0, 0.05) is 22.8 Å². The molecule has 1 atom stereocenters. The van der Waals surface area contributed by atoms with Crippen LogP contribution in [0.1, 0.15) is 36.3 Å². The Balaban J connectivity index is 1.93. The Bertz CT molecular complexity index is 1160. The van der Waals surface area contributed by atoms with Crippen molar-refractivity contribution in [2.75, 3.05) is 0 Å². The number of fused-ring (bicyclic) bond motifs is 6. The number of phenols is 2. The number of benzene rings is 3. The first kappa shape index (κ1) is 17.6. The highest BCUT2D eigenvalue weighted by atomic mass is 79.9. The van der Waals surface area contributed by atoms with E-state index < -0.39 is 15.3 Å². The molecule has 0 fully saturated rings. The second kappa shape index (κ2) is 5.99. The van der Waals surface area contributed by atoms with Gasteiger partial charge in [-0.1, -0.05) is 50.1 Å². The number of aromatic hydroxyl groups is 2. The van der Waals surface area contributed by atoms with E-state index in [1.54, 1.807) is 30.3 Å². The van der Waals surface area contributed by atoms with E-state index in [1.165, 1.54) is 12.1 Å². The van der Waals surface area contributed by atoms with Crippen molar-refractivity contribution in [1.29, 1.82) is 0 Å². The zero-order valence-corrected chi connectivity index (χ0v) is 17.3. The minimum absolute atomic E-state index is 0.0193. The number of rotatable bonds is 1. The summed E-state index contributed by atoms with van der Waals surface area (Å²) in [5.41, 5.74) is 1.59. The van der Waals surface area contributed by atoms with Gasteiger partial charge in [-0.05, 0) is 30.3 Å². The van der Waals surface area contributed by atoms with E-state index in [1.807, 2.05) is 12.1 Å². The summed E-state index contributed by atoms with van der Waals surface area (Å²) in [7, 11) is 0. The quantitative estimate of drug-likeness (QED) is 0.341. The maximum absolute atomic E-state index is 12.7. The van der Waals surface area contributed by atoms with Crippen LogP contribution >= 0.6 is 31.9 Å². The predicted molar refractivity (Wildman–Crippen MR) is 109 cm³/mol. The molecule has 1 unspecified atom stereocenters. The van der Waals surface area contributed by atoms with Gasteiger partial charge in [-0.3, -0.25) is 0 Å². The van der Waals surface area contributed by atoms with Crippen molar-refractivity contribution in [3.63, 3.8) is 0 Å². The van der Waals surface area contributed by atoms with Gasteiger partial charge in [-0.15, -0.1) is 0 Å². The second-order valence-electron chi connectivity index (χ2n) is 6.57. The van der Waals surface area contributed by atoms with E-state index in [0.29, 0.717) is 39.3 Å². The largest absolute Gasteiger partial charge is 0.508 e. The van der Waals surface area contributed by atoms with Crippen molar-refractivity contribution in [2.24, 2.45) is 0 Å². The molecule has 140 valence electrons. The number of phenolic OH excluding ortho intramolecular Hbond substituents is 2. The van der Waals surface area contributed by atoms with Crippen LogP contribution < -0.4 is 4.74 Å². The Morgan fingerprint density at radius 1 is 0.929 bits per heavy atom. The van der Waals surface area contributed by atoms with Gasteiger partial charge in [0.05, 0.1) is 11.1 Å². The van der Waals surface area contributed by atoms with Crippen molar-refractivity contribution in [3.8, 4) is 23.0 Å². The van der Waals surface area contributed by atoms with E-state index in [-0.39, 0.29) is 11.5 Å². The van der Waals surface area contributed by atoms with Gasteiger partial charge in [-0.2, -0.15) is 0 Å². The molecule has 0 saturated heterocycles. The molecular formula is C21H12Br2O5. The summed E-state index contributed by atoms with van der Waals surface area (Å²) in [6.07, 6.45) is 0.